The molecule has 1 aromatic heterocycles. The third-order valence-corrected chi connectivity index (χ3v) is 3.67. The second-order valence-corrected chi connectivity index (χ2v) is 4.87. The zero-order valence-electron chi connectivity index (χ0n) is 8.77. The lowest BCUT2D eigenvalue weighted by molar-refractivity contribution is 0.0377. The zero-order valence-corrected chi connectivity index (χ0v) is 9.59. The van der Waals surface area contributed by atoms with Gasteiger partial charge in [0.15, 0.2) is 0 Å². The lowest BCUT2D eigenvalue weighted by atomic mass is 9.86. The van der Waals surface area contributed by atoms with E-state index < -0.39 is 5.91 Å². The summed E-state index contributed by atoms with van der Waals surface area (Å²) in [6, 6.07) is 1.48. The summed E-state index contributed by atoms with van der Waals surface area (Å²) in [5.74, 6) is -0.349. The summed E-state index contributed by atoms with van der Waals surface area (Å²) >= 11 is 1.19. The predicted octanol–water partition coefficient (Wildman–Crippen LogP) is 1.80. The fourth-order valence-corrected chi connectivity index (χ4v) is 2.28. The van der Waals surface area contributed by atoms with Crippen LogP contribution in [-0.4, -0.2) is 18.5 Å². The molecular weight excluding hydrogens is 226 g/mol. The fraction of sp³-hybridized carbons (Fsp3) is 0.455. The minimum Gasteiger partial charge on any atom is -0.461 e. The molecule has 5 heteroatoms. The highest BCUT2D eigenvalue weighted by Gasteiger charge is 2.20. The van der Waals surface area contributed by atoms with Crippen molar-refractivity contribution in [2.75, 3.05) is 6.61 Å². The van der Waals surface area contributed by atoms with Crippen LogP contribution in [0.15, 0.2) is 11.4 Å². The van der Waals surface area contributed by atoms with Crippen molar-refractivity contribution in [1.82, 2.24) is 0 Å². The van der Waals surface area contributed by atoms with Crippen molar-refractivity contribution in [3.8, 4) is 0 Å². The summed E-state index contributed by atoms with van der Waals surface area (Å²) in [5, 5.41) is 1.57. The van der Waals surface area contributed by atoms with Crippen LogP contribution < -0.4 is 5.73 Å². The number of esters is 1. The predicted molar refractivity (Wildman–Crippen MR) is 60.5 cm³/mol. The first kappa shape index (κ1) is 11.1. The summed E-state index contributed by atoms with van der Waals surface area (Å²) in [6.07, 6.45) is 3.52. The number of thiophene rings is 1. The minimum atomic E-state index is -0.519. The Balaban J connectivity index is 1.89. The Bertz CT molecular complexity index is 409. The van der Waals surface area contributed by atoms with Crippen LogP contribution in [0.1, 0.15) is 39.3 Å². The second-order valence-electron chi connectivity index (χ2n) is 3.96. The average molecular weight is 239 g/mol. The number of hydrogen-bond acceptors (Lipinski definition) is 4. The molecule has 86 valence electrons. The van der Waals surface area contributed by atoms with Gasteiger partial charge in [0, 0.05) is 5.38 Å². The molecule has 2 N–H and O–H groups in total. The third-order valence-electron chi connectivity index (χ3n) is 2.76. The molecule has 2 rings (SSSR count). The van der Waals surface area contributed by atoms with Gasteiger partial charge in [-0.25, -0.2) is 4.79 Å². The van der Waals surface area contributed by atoms with Gasteiger partial charge in [-0.1, -0.05) is 6.42 Å². The van der Waals surface area contributed by atoms with Crippen LogP contribution in [0.3, 0.4) is 0 Å². The van der Waals surface area contributed by atoms with Gasteiger partial charge in [-0.05, 0) is 24.8 Å². The number of carbonyl (C=O) groups excluding carboxylic acids is 2. The van der Waals surface area contributed by atoms with E-state index in [1.54, 1.807) is 5.38 Å². The molecule has 0 radical (unpaired) electrons. The Hall–Kier alpha value is -1.36. The maximum Gasteiger partial charge on any atom is 0.348 e. The van der Waals surface area contributed by atoms with E-state index in [2.05, 4.69) is 0 Å². The Morgan fingerprint density at radius 3 is 2.75 bits per heavy atom. The van der Waals surface area contributed by atoms with Crippen molar-refractivity contribution >= 4 is 23.2 Å². The lowest BCUT2D eigenvalue weighted by Crippen LogP contribution is -2.19. The van der Waals surface area contributed by atoms with Gasteiger partial charge in [-0.2, -0.15) is 0 Å². The topological polar surface area (TPSA) is 69.4 Å². The molecule has 16 heavy (non-hydrogen) atoms. The van der Waals surface area contributed by atoms with Crippen molar-refractivity contribution < 1.29 is 14.3 Å². The van der Waals surface area contributed by atoms with Gasteiger partial charge < -0.3 is 10.5 Å². The lowest BCUT2D eigenvalue weighted by Gasteiger charge is -2.24. The summed E-state index contributed by atoms with van der Waals surface area (Å²) in [7, 11) is 0. The Labute approximate surface area is 97.4 Å². The molecule has 4 nitrogen and oxygen atoms in total. The number of rotatable bonds is 4. The quantitative estimate of drug-likeness (QED) is 0.814. The molecule has 1 heterocycles. The SMILES string of the molecule is NC(=O)c1csc(C(=O)OCC2CCC2)c1. The van der Waals surface area contributed by atoms with Gasteiger partial charge in [0.1, 0.15) is 4.88 Å². The van der Waals surface area contributed by atoms with Gasteiger partial charge in [-0.15, -0.1) is 11.3 Å². The molecule has 0 unspecified atom stereocenters. The van der Waals surface area contributed by atoms with Crippen LogP contribution in [-0.2, 0) is 4.74 Å². The first-order valence-corrected chi connectivity index (χ1v) is 6.10. The first-order valence-electron chi connectivity index (χ1n) is 5.22. The third kappa shape index (κ3) is 2.41. The molecule has 0 spiro atoms. The monoisotopic (exact) mass is 239 g/mol. The van der Waals surface area contributed by atoms with Gasteiger partial charge in [0.05, 0.1) is 12.2 Å². The molecule has 0 aliphatic heterocycles. The average Bonchev–Trinajstić information content (AvgIpc) is 2.63. The number of carbonyl (C=O) groups is 2. The smallest absolute Gasteiger partial charge is 0.348 e. The van der Waals surface area contributed by atoms with E-state index in [9.17, 15) is 9.59 Å². The van der Waals surface area contributed by atoms with E-state index in [-0.39, 0.29) is 5.97 Å². The molecule has 0 saturated heterocycles. The van der Waals surface area contributed by atoms with E-state index in [1.165, 1.54) is 23.8 Å². The highest BCUT2D eigenvalue weighted by molar-refractivity contribution is 7.12. The van der Waals surface area contributed by atoms with E-state index >= 15 is 0 Å². The molecule has 1 fully saturated rings. The normalized spacial score (nSPS) is 15.5. The molecule has 1 aromatic rings. The maximum atomic E-state index is 11.6. The van der Waals surface area contributed by atoms with Crippen LogP contribution in [0.2, 0.25) is 0 Å². The fourth-order valence-electron chi connectivity index (χ4n) is 1.50. The van der Waals surface area contributed by atoms with Crippen LogP contribution in [0.5, 0.6) is 0 Å². The summed E-state index contributed by atoms with van der Waals surface area (Å²) in [4.78, 5) is 22.8. The van der Waals surface area contributed by atoms with Crippen molar-refractivity contribution in [3.63, 3.8) is 0 Å². The Morgan fingerprint density at radius 1 is 1.50 bits per heavy atom. The van der Waals surface area contributed by atoms with Crippen molar-refractivity contribution in [2.45, 2.75) is 19.3 Å². The molecule has 0 aromatic carbocycles. The molecule has 1 aliphatic carbocycles. The van der Waals surface area contributed by atoms with Crippen LogP contribution >= 0.6 is 11.3 Å². The molecule has 1 aliphatic rings. The van der Waals surface area contributed by atoms with Gasteiger partial charge in [0.2, 0.25) is 5.91 Å². The van der Waals surface area contributed by atoms with Crippen molar-refractivity contribution in [2.24, 2.45) is 11.7 Å². The molecule has 0 atom stereocenters. The first-order chi connectivity index (χ1) is 7.66. The maximum absolute atomic E-state index is 11.6. The van der Waals surface area contributed by atoms with Gasteiger partial charge in [0.25, 0.3) is 0 Å². The van der Waals surface area contributed by atoms with E-state index in [0.717, 1.165) is 12.8 Å². The van der Waals surface area contributed by atoms with Gasteiger partial charge >= 0.3 is 5.97 Å². The number of primary amides is 1. The minimum absolute atomic E-state index is 0.357. The van der Waals surface area contributed by atoms with Crippen LogP contribution in [0.4, 0.5) is 0 Å². The number of ether oxygens (including phenoxy) is 1. The highest BCUT2D eigenvalue weighted by atomic mass is 32.1. The second kappa shape index (κ2) is 4.65. The van der Waals surface area contributed by atoms with E-state index in [0.29, 0.717) is 23.0 Å². The standard InChI is InChI=1S/C11H13NO3S/c12-10(13)8-4-9(16-6-8)11(14)15-5-7-2-1-3-7/h4,6-7H,1-3,5H2,(H2,12,13). The van der Waals surface area contributed by atoms with Gasteiger partial charge in [-0.3, -0.25) is 4.79 Å². The number of hydrogen-bond donors (Lipinski definition) is 1. The summed E-state index contributed by atoms with van der Waals surface area (Å²) < 4.78 is 5.14. The summed E-state index contributed by atoms with van der Waals surface area (Å²) in [5.41, 5.74) is 5.46. The molecule has 1 saturated carbocycles. The van der Waals surface area contributed by atoms with Crippen LogP contribution in [0.25, 0.3) is 0 Å². The summed E-state index contributed by atoms with van der Waals surface area (Å²) in [6.45, 7) is 0.489. The molecular formula is C11H13NO3S. The van der Waals surface area contributed by atoms with E-state index in [4.69, 9.17) is 10.5 Å². The number of nitrogens with two attached hydrogens (primary N) is 1. The van der Waals surface area contributed by atoms with Crippen molar-refractivity contribution in [1.29, 1.82) is 0 Å². The Kier molecular flexibility index (Phi) is 3.24. The van der Waals surface area contributed by atoms with E-state index in [1.807, 2.05) is 0 Å². The van der Waals surface area contributed by atoms with Crippen LogP contribution in [0, 0.1) is 5.92 Å². The molecule has 0 bridgehead atoms. The molecule has 1 amide bonds. The zero-order chi connectivity index (χ0) is 11.5. The highest BCUT2D eigenvalue weighted by Crippen LogP contribution is 2.26. The largest absolute Gasteiger partial charge is 0.461 e. The Morgan fingerprint density at radius 2 is 2.25 bits per heavy atom. The number of amides is 1. The van der Waals surface area contributed by atoms with Crippen molar-refractivity contribution in [3.05, 3.63) is 21.9 Å².